The lowest BCUT2D eigenvalue weighted by Crippen LogP contribution is -2.04. The Morgan fingerprint density at radius 3 is 2.30 bits per heavy atom. The molecule has 2 N–H and O–H groups in total. The summed E-state index contributed by atoms with van der Waals surface area (Å²) in [4.78, 5) is 0. The fraction of sp³-hybridized carbons (Fsp3) is 0.0769. The summed E-state index contributed by atoms with van der Waals surface area (Å²) in [7, 11) is 0. The van der Waals surface area contributed by atoms with Crippen LogP contribution in [0, 0.1) is 5.82 Å². The van der Waals surface area contributed by atoms with Crippen molar-refractivity contribution in [2.45, 2.75) is 6.18 Å². The van der Waals surface area contributed by atoms with E-state index in [-0.39, 0.29) is 21.7 Å². The third-order valence-corrected chi connectivity index (χ3v) is 3.08. The quantitative estimate of drug-likeness (QED) is 0.612. The van der Waals surface area contributed by atoms with Gasteiger partial charge in [0.15, 0.2) is 0 Å². The van der Waals surface area contributed by atoms with Crippen LogP contribution in [0.4, 0.5) is 23.2 Å². The first-order valence-corrected chi connectivity index (χ1v) is 6.16. The van der Waals surface area contributed by atoms with E-state index in [2.05, 4.69) is 15.9 Å². The van der Waals surface area contributed by atoms with E-state index in [1.165, 1.54) is 12.1 Å². The standard InChI is InChI=1S/C13H8BrF4NO/c14-9-5-7(13(16,17)18)1-4-12(9)20-8-2-3-11(19)10(15)6-8/h1-6H,19H2. The molecule has 20 heavy (non-hydrogen) atoms. The van der Waals surface area contributed by atoms with E-state index in [0.29, 0.717) is 0 Å². The molecule has 0 heterocycles. The van der Waals surface area contributed by atoms with Crippen LogP contribution in [0.1, 0.15) is 5.56 Å². The van der Waals surface area contributed by atoms with Gasteiger partial charge in [-0.2, -0.15) is 13.2 Å². The predicted molar refractivity (Wildman–Crippen MR) is 70.0 cm³/mol. The molecule has 0 saturated heterocycles. The Bertz CT molecular complexity index is 643. The lowest BCUT2D eigenvalue weighted by atomic mass is 10.2. The lowest BCUT2D eigenvalue weighted by Gasteiger charge is -2.11. The molecule has 2 rings (SSSR count). The summed E-state index contributed by atoms with van der Waals surface area (Å²) in [6, 6.07) is 6.71. The van der Waals surface area contributed by atoms with Crippen LogP contribution in [-0.4, -0.2) is 0 Å². The van der Waals surface area contributed by atoms with Gasteiger partial charge in [0, 0.05) is 6.07 Å². The van der Waals surface area contributed by atoms with Gasteiger partial charge in [-0.3, -0.25) is 0 Å². The molecule has 0 atom stereocenters. The first-order chi connectivity index (χ1) is 9.27. The zero-order valence-electron chi connectivity index (χ0n) is 9.84. The van der Waals surface area contributed by atoms with E-state index in [1.807, 2.05) is 0 Å². The fourth-order valence-corrected chi connectivity index (χ4v) is 1.92. The van der Waals surface area contributed by atoms with Crippen LogP contribution in [-0.2, 0) is 6.18 Å². The Balaban J connectivity index is 2.28. The number of anilines is 1. The molecule has 2 aromatic rings. The maximum Gasteiger partial charge on any atom is 0.416 e. The van der Waals surface area contributed by atoms with Gasteiger partial charge in [0.1, 0.15) is 17.3 Å². The minimum atomic E-state index is -4.44. The Morgan fingerprint density at radius 1 is 1.05 bits per heavy atom. The molecule has 2 nitrogen and oxygen atoms in total. The van der Waals surface area contributed by atoms with Crippen LogP contribution in [0.3, 0.4) is 0 Å². The Morgan fingerprint density at radius 2 is 1.75 bits per heavy atom. The average Bonchev–Trinajstić information content (AvgIpc) is 2.35. The van der Waals surface area contributed by atoms with Crippen LogP contribution >= 0.6 is 15.9 Å². The van der Waals surface area contributed by atoms with Gasteiger partial charge in [0.2, 0.25) is 0 Å². The number of nitrogens with two attached hydrogens (primary N) is 1. The maximum atomic E-state index is 13.2. The number of halogens is 5. The Labute approximate surface area is 120 Å². The van der Waals surface area contributed by atoms with Crippen molar-refractivity contribution in [1.29, 1.82) is 0 Å². The first-order valence-electron chi connectivity index (χ1n) is 5.37. The second kappa shape index (κ2) is 5.32. The minimum Gasteiger partial charge on any atom is -0.456 e. The molecule has 0 spiro atoms. The SMILES string of the molecule is Nc1ccc(Oc2ccc(C(F)(F)F)cc2Br)cc1F. The van der Waals surface area contributed by atoms with Crippen LogP contribution in [0.2, 0.25) is 0 Å². The highest BCUT2D eigenvalue weighted by Gasteiger charge is 2.31. The van der Waals surface area contributed by atoms with Gasteiger partial charge in [0.05, 0.1) is 15.7 Å². The topological polar surface area (TPSA) is 35.2 Å². The van der Waals surface area contributed by atoms with Crippen LogP contribution in [0.25, 0.3) is 0 Å². The first kappa shape index (κ1) is 14.6. The molecular formula is C13H8BrF4NO. The predicted octanol–water partition coefficient (Wildman–Crippen LogP) is 4.98. The summed E-state index contributed by atoms with van der Waals surface area (Å²) >= 11 is 2.99. The van der Waals surface area contributed by atoms with Crippen molar-refractivity contribution in [2.24, 2.45) is 0 Å². The summed E-state index contributed by atoms with van der Waals surface area (Å²) in [5, 5.41) is 0. The Hall–Kier alpha value is -1.76. The van der Waals surface area contributed by atoms with Crippen molar-refractivity contribution < 1.29 is 22.3 Å². The normalized spacial score (nSPS) is 11.4. The van der Waals surface area contributed by atoms with Crippen LogP contribution in [0.5, 0.6) is 11.5 Å². The van der Waals surface area contributed by atoms with Crippen LogP contribution in [0.15, 0.2) is 40.9 Å². The summed E-state index contributed by atoms with van der Waals surface area (Å²) in [5.41, 5.74) is 4.47. The van der Waals surface area contributed by atoms with E-state index in [4.69, 9.17) is 10.5 Å². The third kappa shape index (κ3) is 3.22. The second-order valence-electron chi connectivity index (χ2n) is 3.93. The highest BCUT2D eigenvalue weighted by Crippen LogP contribution is 2.36. The molecule has 0 amide bonds. The van der Waals surface area contributed by atoms with Crippen LogP contribution < -0.4 is 10.5 Å². The van der Waals surface area contributed by atoms with E-state index < -0.39 is 17.6 Å². The fourth-order valence-electron chi connectivity index (χ4n) is 1.46. The number of benzene rings is 2. The van der Waals surface area contributed by atoms with Gasteiger partial charge in [-0.1, -0.05) is 0 Å². The molecule has 0 aromatic heterocycles. The van der Waals surface area contributed by atoms with Gasteiger partial charge in [-0.05, 0) is 46.3 Å². The number of nitrogen functional groups attached to an aromatic ring is 1. The largest absolute Gasteiger partial charge is 0.456 e. The summed E-state index contributed by atoms with van der Waals surface area (Å²) in [6.07, 6.45) is -4.44. The molecule has 106 valence electrons. The molecule has 0 aliphatic rings. The zero-order chi connectivity index (χ0) is 14.9. The van der Waals surface area contributed by atoms with Crippen molar-refractivity contribution in [3.63, 3.8) is 0 Å². The lowest BCUT2D eigenvalue weighted by molar-refractivity contribution is -0.137. The molecule has 0 saturated carbocycles. The summed E-state index contributed by atoms with van der Waals surface area (Å²) in [5.74, 6) is -0.384. The van der Waals surface area contributed by atoms with E-state index in [9.17, 15) is 17.6 Å². The van der Waals surface area contributed by atoms with Crippen molar-refractivity contribution in [3.05, 3.63) is 52.3 Å². The van der Waals surface area contributed by atoms with Gasteiger partial charge in [-0.25, -0.2) is 4.39 Å². The van der Waals surface area contributed by atoms with Crippen molar-refractivity contribution >= 4 is 21.6 Å². The van der Waals surface area contributed by atoms with E-state index in [1.54, 1.807) is 0 Å². The van der Waals surface area contributed by atoms with Crippen molar-refractivity contribution in [2.75, 3.05) is 5.73 Å². The van der Waals surface area contributed by atoms with E-state index >= 15 is 0 Å². The number of alkyl halides is 3. The molecular weight excluding hydrogens is 342 g/mol. The molecule has 0 aliphatic carbocycles. The molecule has 2 aromatic carbocycles. The molecule has 0 bridgehead atoms. The monoisotopic (exact) mass is 349 g/mol. The van der Waals surface area contributed by atoms with Gasteiger partial charge >= 0.3 is 6.18 Å². The average molecular weight is 350 g/mol. The summed E-state index contributed by atoms with van der Waals surface area (Å²) < 4.78 is 56.2. The van der Waals surface area contributed by atoms with Crippen molar-refractivity contribution in [1.82, 2.24) is 0 Å². The van der Waals surface area contributed by atoms with Crippen molar-refractivity contribution in [3.8, 4) is 11.5 Å². The third-order valence-electron chi connectivity index (χ3n) is 2.46. The van der Waals surface area contributed by atoms with Gasteiger partial charge in [0.25, 0.3) is 0 Å². The number of rotatable bonds is 2. The molecule has 0 unspecified atom stereocenters. The highest BCUT2D eigenvalue weighted by atomic mass is 79.9. The van der Waals surface area contributed by atoms with Gasteiger partial charge < -0.3 is 10.5 Å². The summed E-state index contributed by atoms with van der Waals surface area (Å²) in [6.45, 7) is 0. The zero-order valence-corrected chi connectivity index (χ0v) is 11.4. The number of hydrogen-bond acceptors (Lipinski definition) is 2. The van der Waals surface area contributed by atoms with E-state index in [0.717, 1.165) is 24.3 Å². The maximum absolute atomic E-state index is 13.2. The molecule has 0 fully saturated rings. The second-order valence-corrected chi connectivity index (χ2v) is 4.78. The molecule has 0 aliphatic heterocycles. The van der Waals surface area contributed by atoms with Gasteiger partial charge in [-0.15, -0.1) is 0 Å². The molecule has 0 radical (unpaired) electrons. The highest BCUT2D eigenvalue weighted by molar-refractivity contribution is 9.10. The number of ether oxygens (including phenoxy) is 1. The smallest absolute Gasteiger partial charge is 0.416 e. The molecule has 7 heteroatoms. The Kier molecular flexibility index (Phi) is 3.89. The minimum absolute atomic E-state index is 0.0381. The number of hydrogen-bond donors (Lipinski definition) is 1.